The summed E-state index contributed by atoms with van der Waals surface area (Å²) in [6.45, 7) is 5.35. The van der Waals surface area contributed by atoms with E-state index in [9.17, 15) is 9.36 Å². The number of carbonyl (C=O) groups excluding carboxylic acids is 1. The Bertz CT molecular complexity index is 760. The van der Waals surface area contributed by atoms with Crippen LogP contribution in [0, 0.1) is 0 Å². The third kappa shape index (κ3) is 3.48. The van der Waals surface area contributed by atoms with Gasteiger partial charge in [0.25, 0.3) is 0 Å². The highest BCUT2D eigenvalue weighted by molar-refractivity contribution is 7.79. The van der Waals surface area contributed by atoms with E-state index in [-0.39, 0.29) is 6.61 Å². The minimum atomic E-state index is -3.33. The number of carbonyl (C=O) groups is 1. The van der Waals surface area contributed by atoms with Crippen molar-refractivity contribution in [1.82, 2.24) is 0 Å². The van der Waals surface area contributed by atoms with E-state index in [1.807, 2.05) is 36.4 Å². The Kier molecular flexibility index (Phi) is 5.33. The number of hydrogen-bond donors (Lipinski definition) is 0. The van der Waals surface area contributed by atoms with Crippen molar-refractivity contribution in [2.45, 2.75) is 38.5 Å². The van der Waals surface area contributed by atoms with Crippen molar-refractivity contribution in [2.75, 3.05) is 6.61 Å². The van der Waals surface area contributed by atoms with Crippen LogP contribution in [-0.2, 0) is 23.6 Å². The van der Waals surface area contributed by atoms with E-state index in [4.69, 9.17) is 14.2 Å². The Morgan fingerprint density at radius 3 is 1.96 bits per heavy atom. The lowest BCUT2D eigenvalue weighted by atomic mass is 10.3. The van der Waals surface area contributed by atoms with Crippen LogP contribution in [0.1, 0.15) is 20.8 Å². The molecular formula is C20H23O5P. The van der Waals surface area contributed by atoms with Crippen molar-refractivity contribution in [1.29, 1.82) is 0 Å². The first-order valence-electron chi connectivity index (χ1n) is 8.62. The maximum atomic E-state index is 14.4. The lowest BCUT2D eigenvalue weighted by Gasteiger charge is -2.27. The van der Waals surface area contributed by atoms with Gasteiger partial charge in [-0.2, -0.15) is 0 Å². The fourth-order valence-electron chi connectivity index (χ4n) is 3.14. The minimum Gasteiger partial charge on any atom is -0.464 e. The summed E-state index contributed by atoms with van der Waals surface area (Å²) in [6.07, 6.45) is -1.06. The molecule has 26 heavy (non-hydrogen) atoms. The maximum absolute atomic E-state index is 14.4. The Labute approximate surface area is 153 Å². The summed E-state index contributed by atoms with van der Waals surface area (Å²) in [5.41, 5.74) is 0. The first-order valence-corrected chi connectivity index (χ1v) is 10.4. The molecule has 3 rings (SSSR count). The standard InChI is InChI=1S/C20H23O5P/c1-4-23-18(21)17-19(25-20(2,3)24-17)26(22,15-11-7-5-8-12-15)16-13-9-6-10-14-16/h5-14,17,19H,4H2,1-3H3/t17-,19+/m0/s1. The molecule has 0 radical (unpaired) electrons. The van der Waals surface area contributed by atoms with Gasteiger partial charge in [0.15, 0.2) is 24.9 Å². The van der Waals surface area contributed by atoms with Crippen molar-refractivity contribution < 1.29 is 23.6 Å². The van der Waals surface area contributed by atoms with Gasteiger partial charge in [-0.05, 0) is 20.8 Å². The Morgan fingerprint density at radius 1 is 1.00 bits per heavy atom. The molecule has 5 nitrogen and oxygen atoms in total. The highest BCUT2D eigenvalue weighted by Gasteiger charge is 2.55. The van der Waals surface area contributed by atoms with E-state index in [0.29, 0.717) is 10.6 Å². The lowest BCUT2D eigenvalue weighted by Crippen LogP contribution is -2.38. The zero-order valence-corrected chi connectivity index (χ0v) is 16.0. The van der Waals surface area contributed by atoms with E-state index < -0.39 is 30.8 Å². The van der Waals surface area contributed by atoms with Gasteiger partial charge >= 0.3 is 5.97 Å². The molecule has 6 heteroatoms. The molecule has 2 aromatic carbocycles. The molecule has 1 fully saturated rings. The van der Waals surface area contributed by atoms with E-state index in [1.165, 1.54) is 0 Å². The van der Waals surface area contributed by atoms with E-state index in [2.05, 4.69) is 0 Å². The average molecular weight is 374 g/mol. The van der Waals surface area contributed by atoms with Crippen LogP contribution < -0.4 is 10.6 Å². The number of ether oxygens (including phenoxy) is 3. The molecule has 0 saturated carbocycles. The van der Waals surface area contributed by atoms with Crippen LogP contribution in [0.25, 0.3) is 0 Å². The highest BCUT2D eigenvalue weighted by atomic mass is 31.2. The summed E-state index contributed by atoms with van der Waals surface area (Å²) in [6, 6.07) is 18.2. The Hall–Kier alpha value is -1.94. The van der Waals surface area contributed by atoms with Gasteiger partial charge in [-0.15, -0.1) is 0 Å². The second kappa shape index (κ2) is 7.36. The van der Waals surface area contributed by atoms with Crippen molar-refractivity contribution >= 4 is 23.7 Å². The van der Waals surface area contributed by atoms with Crippen LogP contribution in [0.4, 0.5) is 0 Å². The smallest absolute Gasteiger partial charge is 0.338 e. The predicted octanol–water partition coefficient (Wildman–Crippen LogP) is 3.04. The molecular weight excluding hydrogens is 351 g/mol. The zero-order valence-electron chi connectivity index (χ0n) is 15.1. The van der Waals surface area contributed by atoms with Crippen LogP contribution in [0.15, 0.2) is 60.7 Å². The lowest BCUT2D eigenvalue weighted by molar-refractivity contribution is -0.169. The molecule has 0 bridgehead atoms. The maximum Gasteiger partial charge on any atom is 0.338 e. The zero-order chi connectivity index (χ0) is 18.8. The first-order chi connectivity index (χ1) is 12.4. The third-order valence-electron chi connectivity index (χ3n) is 4.23. The second-order valence-corrected chi connectivity index (χ2v) is 9.39. The molecule has 1 heterocycles. The molecule has 0 aliphatic carbocycles. The quantitative estimate of drug-likeness (QED) is 0.595. The monoisotopic (exact) mass is 374 g/mol. The van der Waals surface area contributed by atoms with Crippen LogP contribution in [-0.4, -0.2) is 30.3 Å². The molecule has 0 amide bonds. The second-order valence-electron chi connectivity index (χ2n) is 6.53. The summed E-state index contributed by atoms with van der Waals surface area (Å²) >= 11 is 0. The molecule has 1 aliphatic heterocycles. The minimum absolute atomic E-state index is 0.215. The Morgan fingerprint density at radius 2 is 1.50 bits per heavy atom. The van der Waals surface area contributed by atoms with Gasteiger partial charge in [-0.1, -0.05) is 60.7 Å². The van der Waals surface area contributed by atoms with Gasteiger partial charge in [-0.25, -0.2) is 4.79 Å². The van der Waals surface area contributed by atoms with E-state index in [0.717, 1.165) is 0 Å². The molecule has 0 aromatic heterocycles. The summed E-state index contributed by atoms with van der Waals surface area (Å²) < 4.78 is 31.4. The predicted molar refractivity (Wildman–Crippen MR) is 100 cm³/mol. The molecule has 0 unspecified atom stereocenters. The van der Waals surface area contributed by atoms with Crippen LogP contribution >= 0.6 is 7.14 Å². The van der Waals surface area contributed by atoms with Crippen molar-refractivity contribution in [3.63, 3.8) is 0 Å². The SMILES string of the molecule is CCOC(=O)[C@@H]1OC(C)(C)O[C@@H]1P(=O)(c1ccccc1)c1ccccc1. The number of benzene rings is 2. The van der Waals surface area contributed by atoms with Crippen molar-refractivity contribution in [3.05, 3.63) is 60.7 Å². The number of rotatable bonds is 5. The molecule has 2 atom stereocenters. The topological polar surface area (TPSA) is 61.8 Å². The van der Waals surface area contributed by atoms with Crippen LogP contribution in [0.2, 0.25) is 0 Å². The molecule has 0 spiro atoms. The van der Waals surface area contributed by atoms with Gasteiger partial charge in [-0.3, -0.25) is 0 Å². The van der Waals surface area contributed by atoms with Gasteiger partial charge < -0.3 is 18.8 Å². The molecule has 2 aromatic rings. The van der Waals surface area contributed by atoms with Gasteiger partial charge in [0, 0.05) is 10.6 Å². The molecule has 138 valence electrons. The first kappa shape index (κ1) is 18.8. The van der Waals surface area contributed by atoms with Crippen LogP contribution in [0.3, 0.4) is 0 Å². The molecule has 1 saturated heterocycles. The fraction of sp³-hybridized carbons (Fsp3) is 0.350. The van der Waals surface area contributed by atoms with Crippen molar-refractivity contribution in [3.8, 4) is 0 Å². The van der Waals surface area contributed by atoms with Gasteiger partial charge in [0.2, 0.25) is 0 Å². The van der Waals surface area contributed by atoms with Gasteiger partial charge in [0.1, 0.15) is 0 Å². The number of esters is 1. The van der Waals surface area contributed by atoms with E-state index >= 15 is 0 Å². The van der Waals surface area contributed by atoms with Crippen LogP contribution in [0.5, 0.6) is 0 Å². The Balaban J connectivity index is 2.15. The van der Waals surface area contributed by atoms with Crippen molar-refractivity contribution in [2.24, 2.45) is 0 Å². The highest BCUT2D eigenvalue weighted by Crippen LogP contribution is 2.55. The fourth-order valence-corrected chi connectivity index (χ4v) is 6.22. The van der Waals surface area contributed by atoms with Gasteiger partial charge in [0.05, 0.1) is 6.61 Å². The summed E-state index contributed by atoms with van der Waals surface area (Å²) in [7, 11) is -3.33. The normalized spacial score (nSPS) is 22.1. The largest absolute Gasteiger partial charge is 0.464 e. The summed E-state index contributed by atoms with van der Waals surface area (Å²) in [5.74, 6) is -2.56. The molecule has 1 aliphatic rings. The number of hydrogen-bond acceptors (Lipinski definition) is 5. The summed E-state index contributed by atoms with van der Waals surface area (Å²) in [4.78, 5) is 12.5. The summed E-state index contributed by atoms with van der Waals surface area (Å²) in [5, 5.41) is 1.23. The molecule has 0 N–H and O–H groups in total. The third-order valence-corrected chi connectivity index (χ3v) is 7.45. The average Bonchev–Trinajstić information content (AvgIpc) is 2.99. The van der Waals surface area contributed by atoms with E-state index in [1.54, 1.807) is 45.0 Å².